The Kier molecular flexibility index (Phi) is 10.7. The van der Waals surface area contributed by atoms with Crippen molar-refractivity contribution >= 4 is 21.5 Å². The van der Waals surface area contributed by atoms with E-state index in [0.717, 1.165) is 0 Å². The topological polar surface area (TPSA) is 0 Å². The van der Waals surface area contributed by atoms with Crippen LogP contribution in [0.2, 0.25) is 0 Å². The van der Waals surface area contributed by atoms with Crippen molar-refractivity contribution in [2.45, 2.75) is 55.4 Å². The van der Waals surface area contributed by atoms with E-state index in [-0.39, 0.29) is 0 Å². The van der Waals surface area contributed by atoms with Crippen molar-refractivity contribution in [3.05, 3.63) is 109 Å². The number of rotatable bonds is 2. The summed E-state index contributed by atoms with van der Waals surface area (Å²) in [6, 6.07) is 39.0. The van der Waals surface area contributed by atoms with Gasteiger partial charge in [-0.3, -0.25) is 0 Å². The summed E-state index contributed by atoms with van der Waals surface area (Å²) in [6.45, 7) is 16.8. The van der Waals surface area contributed by atoms with E-state index in [2.05, 4.69) is 137 Å². The van der Waals surface area contributed by atoms with Gasteiger partial charge < -0.3 is 0 Å². The lowest BCUT2D eigenvalue weighted by Crippen LogP contribution is -1.93. The van der Waals surface area contributed by atoms with E-state index in [1.54, 1.807) is 0 Å². The molecule has 0 saturated heterocycles. The zero-order chi connectivity index (χ0) is 25.8. The van der Waals surface area contributed by atoms with Gasteiger partial charge in [0.1, 0.15) is 0 Å². The zero-order valence-corrected chi connectivity index (χ0v) is 22.9. The molecular weight excluding hydrogens is 420 g/mol. The minimum atomic E-state index is 0.500. The maximum absolute atomic E-state index is 2.25. The van der Waals surface area contributed by atoms with Crippen molar-refractivity contribution < 1.29 is 0 Å². The first-order valence-electron chi connectivity index (χ1n) is 13.0. The van der Waals surface area contributed by atoms with E-state index < -0.39 is 0 Å². The lowest BCUT2D eigenvalue weighted by molar-refractivity contribution is 0.469. The first kappa shape index (κ1) is 27.9. The Morgan fingerprint density at radius 1 is 0.343 bits per heavy atom. The first-order valence-corrected chi connectivity index (χ1v) is 13.0. The van der Waals surface area contributed by atoms with Crippen molar-refractivity contribution in [2.75, 3.05) is 0 Å². The molecule has 182 valence electrons. The zero-order valence-electron chi connectivity index (χ0n) is 22.9. The summed E-state index contributed by atoms with van der Waals surface area (Å²) in [6.07, 6.45) is 0. The van der Waals surface area contributed by atoms with Crippen LogP contribution in [0.3, 0.4) is 0 Å². The fourth-order valence-corrected chi connectivity index (χ4v) is 3.96. The van der Waals surface area contributed by atoms with Gasteiger partial charge >= 0.3 is 0 Å². The highest BCUT2D eigenvalue weighted by atomic mass is 14.2. The summed E-state index contributed by atoms with van der Waals surface area (Å²) in [5, 5.41) is 5.21. The molecule has 0 heterocycles. The SMILES string of the molecule is CC.CC.CC(C)(C)C.c1ccc(-c2c3ccccc3c(-c3ccccc3)c3ccccc23)cc1. The van der Waals surface area contributed by atoms with Gasteiger partial charge in [-0.25, -0.2) is 0 Å². The second-order valence-electron chi connectivity index (χ2n) is 9.57. The lowest BCUT2D eigenvalue weighted by atomic mass is 9.86. The minimum absolute atomic E-state index is 0.500. The molecule has 0 fully saturated rings. The minimum Gasteiger partial charge on any atom is -0.0683 e. The van der Waals surface area contributed by atoms with Crippen LogP contribution < -0.4 is 0 Å². The average molecular weight is 463 g/mol. The molecule has 0 nitrogen and oxygen atoms in total. The summed E-state index contributed by atoms with van der Waals surface area (Å²) >= 11 is 0. The maximum atomic E-state index is 2.25. The average Bonchev–Trinajstić information content (AvgIpc) is 2.89. The number of fused-ring (bicyclic) bond motifs is 2. The van der Waals surface area contributed by atoms with E-state index in [4.69, 9.17) is 0 Å². The Morgan fingerprint density at radius 2 is 0.543 bits per heavy atom. The monoisotopic (exact) mass is 462 g/mol. The molecule has 0 saturated carbocycles. The van der Waals surface area contributed by atoms with Crippen LogP contribution >= 0.6 is 0 Å². The molecule has 0 aromatic heterocycles. The van der Waals surface area contributed by atoms with Crippen molar-refractivity contribution in [2.24, 2.45) is 5.41 Å². The molecule has 0 aliphatic rings. The second kappa shape index (κ2) is 13.5. The Labute approximate surface area is 213 Å². The van der Waals surface area contributed by atoms with E-state index in [1.165, 1.54) is 43.8 Å². The first-order chi connectivity index (χ1) is 16.9. The molecule has 0 aliphatic carbocycles. The molecule has 5 aromatic rings. The molecule has 0 atom stereocenters. The molecule has 0 N–H and O–H groups in total. The highest BCUT2D eigenvalue weighted by molar-refractivity contribution is 6.21. The van der Waals surface area contributed by atoms with Gasteiger partial charge in [-0.15, -0.1) is 0 Å². The van der Waals surface area contributed by atoms with Crippen LogP contribution in [0.25, 0.3) is 43.8 Å². The van der Waals surface area contributed by atoms with E-state index in [1.807, 2.05) is 27.7 Å². The van der Waals surface area contributed by atoms with Crippen molar-refractivity contribution in [1.82, 2.24) is 0 Å². The third kappa shape index (κ3) is 7.30. The van der Waals surface area contributed by atoms with Gasteiger partial charge in [-0.2, -0.15) is 0 Å². The van der Waals surface area contributed by atoms with Crippen LogP contribution in [0.15, 0.2) is 109 Å². The Morgan fingerprint density at radius 3 is 0.771 bits per heavy atom. The summed E-state index contributed by atoms with van der Waals surface area (Å²) in [4.78, 5) is 0. The molecule has 0 bridgehead atoms. The Hall–Kier alpha value is -3.38. The van der Waals surface area contributed by atoms with E-state index in [9.17, 15) is 0 Å². The van der Waals surface area contributed by atoms with Gasteiger partial charge in [-0.1, -0.05) is 165 Å². The molecule has 0 heteroatoms. The molecule has 5 rings (SSSR count). The highest BCUT2D eigenvalue weighted by Gasteiger charge is 2.15. The number of benzene rings is 5. The van der Waals surface area contributed by atoms with Gasteiger partial charge in [-0.05, 0) is 49.2 Å². The highest BCUT2D eigenvalue weighted by Crippen LogP contribution is 2.43. The van der Waals surface area contributed by atoms with Crippen molar-refractivity contribution in [1.29, 1.82) is 0 Å². The summed E-state index contributed by atoms with van der Waals surface area (Å²) in [7, 11) is 0. The van der Waals surface area contributed by atoms with Crippen LogP contribution in [-0.2, 0) is 0 Å². The van der Waals surface area contributed by atoms with Gasteiger partial charge in [0.15, 0.2) is 0 Å². The fraction of sp³-hybridized carbons (Fsp3) is 0.257. The number of hydrogen-bond donors (Lipinski definition) is 0. The van der Waals surface area contributed by atoms with Crippen LogP contribution in [0.5, 0.6) is 0 Å². The summed E-state index contributed by atoms with van der Waals surface area (Å²) in [5.74, 6) is 0. The van der Waals surface area contributed by atoms with Gasteiger partial charge in [0.2, 0.25) is 0 Å². The summed E-state index contributed by atoms with van der Waals surface area (Å²) in [5.41, 5.74) is 5.66. The predicted octanol–water partition coefficient (Wildman–Crippen LogP) is 11.4. The predicted molar refractivity (Wildman–Crippen MR) is 160 cm³/mol. The Bertz CT molecular complexity index is 1130. The number of hydrogen-bond acceptors (Lipinski definition) is 0. The standard InChI is InChI=1S/C26H18.C5H12.2C2H6/c1-3-11-19(12-4-1)25-21-15-7-9-17-23(21)26(20-13-5-2-6-14-20)24-18-10-8-16-22(24)25;1-5(2,3)4;2*1-2/h1-18H;1-4H3;2*1-2H3. The maximum Gasteiger partial charge on any atom is -0.00264 e. The van der Waals surface area contributed by atoms with E-state index in [0.29, 0.717) is 5.41 Å². The second-order valence-corrected chi connectivity index (χ2v) is 9.57. The quantitative estimate of drug-likeness (QED) is 0.229. The van der Waals surface area contributed by atoms with Crippen LogP contribution in [0.1, 0.15) is 55.4 Å². The Balaban J connectivity index is 0.000000423. The molecule has 0 radical (unpaired) electrons. The molecule has 0 unspecified atom stereocenters. The smallest absolute Gasteiger partial charge is 0.00264 e. The molecule has 0 aliphatic heterocycles. The third-order valence-electron chi connectivity index (χ3n) is 5.06. The molecule has 35 heavy (non-hydrogen) atoms. The molecule has 0 amide bonds. The lowest BCUT2D eigenvalue weighted by Gasteiger charge is -2.17. The third-order valence-corrected chi connectivity index (χ3v) is 5.06. The van der Waals surface area contributed by atoms with Crippen LogP contribution in [0.4, 0.5) is 0 Å². The fourth-order valence-electron chi connectivity index (χ4n) is 3.96. The van der Waals surface area contributed by atoms with Crippen molar-refractivity contribution in [3.8, 4) is 22.3 Å². The normalized spacial score (nSPS) is 10.3. The van der Waals surface area contributed by atoms with Gasteiger partial charge in [0.05, 0.1) is 0 Å². The van der Waals surface area contributed by atoms with E-state index >= 15 is 0 Å². The van der Waals surface area contributed by atoms with Crippen LogP contribution in [-0.4, -0.2) is 0 Å². The van der Waals surface area contributed by atoms with Crippen molar-refractivity contribution in [3.63, 3.8) is 0 Å². The molecular formula is C35H42. The van der Waals surface area contributed by atoms with Gasteiger partial charge in [0, 0.05) is 0 Å². The van der Waals surface area contributed by atoms with Gasteiger partial charge in [0.25, 0.3) is 0 Å². The summed E-state index contributed by atoms with van der Waals surface area (Å²) < 4.78 is 0. The van der Waals surface area contributed by atoms with Crippen LogP contribution in [0, 0.1) is 5.41 Å². The molecule has 5 aromatic carbocycles. The largest absolute Gasteiger partial charge is 0.0683 e. The molecule has 0 spiro atoms.